The van der Waals surface area contributed by atoms with E-state index in [0.717, 1.165) is 17.1 Å². The van der Waals surface area contributed by atoms with Crippen LogP contribution in [-0.4, -0.2) is 38.5 Å². The molecule has 2 heterocycles. The Labute approximate surface area is 138 Å². The van der Waals surface area contributed by atoms with E-state index in [1.54, 1.807) is 11.8 Å². The summed E-state index contributed by atoms with van der Waals surface area (Å²) in [5, 5.41) is 7.07. The molecule has 3 rings (SSSR count). The number of benzene rings is 1. The van der Waals surface area contributed by atoms with Crippen LogP contribution in [0.1, 0.15) is 19.2 Å². The van der Waals surface area contributed by atoms with Gasteiger partial charge in [0.25, 0.3) is 0 Å². The van der Waals surface area contributed by atoms with Gasteiger partial charge in [0.05, 0.1) is 0 Å². The van der Waals surface area contributed by atoms with Crippen LogP contribution >= 0.6 is 11.8 Å². The number of thioether (sulfide) groups is 1. The molecular weight excluding hydrogens is 312 g/mol. The summed E-state index contributed by atoms with van der Waals surface area (Å²) in [6, 6.07) is 7.68. The van der Waals surface area contributed by atoms with E-state index in [4.69, 9.17) is 0 Å². The Balaban J connectivity index is 1.76. The number of anilines is 1. The molecule has 1 atom stereocenters. The highest BCUT2D eigenvalue weighted by Crippen LogP contribution is 2.29. The Morgan fingerprint density at radius 1 is 1.48 bits per heavy atom. The molecule has 120 valence electrons. The summed E-state index contributed by atoms with van der Waals surface area (Å²) in [7, 11) is 0. The highest BCUT2D eigenvalue weighted by Gasteiger charge is 2.30. The zero-order valence-electron chi connectivity index (χ0n) is 13.1. The van der Waals surface area contributed by atoms with E-state index in [-0.39, 0.29) is 16.9 Å². The quantitative estimate of drug-likeness (QED) is 0.931. The molecule has 1 saturated heterocycles. The van der Waals surface area contributed by atoms with Crippen molar-refractivity contribution < 1.29 is 9.59 Å². The monoisotopic (exact) mass is 330 g/mol. The molecule has 1 aromatic carbocycles. The van der Waals surface area contributed by atoms with Crippen molar-refractivity contribution in [3.63, 3.8) is 0 Å². The van der Waals surface area contributed by atoms with Gasteiger partial charge in [0.2, 0.25) is 5.91 Å². The Morgan fingerprint density at radius 3 is 3.00 bits per heavy atom. The SMILES string of the molecule is CC(=O)SCC1CC(=O)N(c2cccc(-c3n[nH]c(C)n3)c2)C1. The summed E-state index contributed by atoms with van der Waals surface area (Å²) in [6.45, 7) is 4.05. The van der Waals surface area contributed by atoms with Gasteiger partial charge >= 0.3 is 0 Å². The van der Waals surface area contributed by atoms with Gasteiger partial charge in [0, 0.05) is 36.9 Å². The third-order valence-corrected chi connectivity index (χ3v) is 4.79. The van der Waals surface area contributed by atoms with Gasteiger partial charge in [-0.15, -0.1) is 0 Å². The average Bonchev–Trinajstić information content (AvgIpc) is 3.11. The molecule has 1 amide bonds. The summed E-state index contributed by atoms with van der Waals surface area (Å²) in [5.41, 5.74) is 1.73. The molecule has 0 radical (unpaired) electrons. The first-order valence-corrected chi connectivity index (χ1v) is 8.44. The second-order valence-corrected chi connectivity index (χ2v) is 6.87. The van der Waals surface area contributed by atoms with Crippen molar-refractivity contribution in [2.75, 3.05) is 17.2 Å². The smallest absolute Gasteiger partial charge is 0.227 e. The van der Waals surface area contributed by atoms with Gasteiger partial charge in [0.15, 0.2) is 10.9 Å². The molecule has 0 spiro atoms. The lowest BCUT2D eigenvalue weighted by Gasteiger charge is -2.17. The van der Waals surface area contributed by atoms with Gasteiger partial charge in [-0.05, 0) is 25.0 Å². The maximum absolute atomic E-state index is 12.3. The first-order valence-electron chi connectivity index (χ1n) is 7.46. The van der Waals surface area contributed by atoms with E-state index in [2.05, 4.69) is 15.2 Å². The van der Waals surface area contributed by atoms with Gasteiger partial charge in [-0.2, -0.15) is 5.10 Å². The maximum Gasteiger partial charge on any atom is 0.227 e. The number of aryl methyl sites for hydroxylation is 1. The van der Waals surface area contributed by atoms with Crippen molar-refractivity contribution >= 4 is 28.5 Å². The van der Waals surface area contributed by atoms with Crippen LogP contribution in [0.15, 0.2) is 24.3 Å². The molecule has 1 aliphatic heterocycles. The van der Waals surface area contributed by atoms with Crippen LogP contribution in [0.25, 0.3) is 11.4 Å². The topological polar surface area (TPSA) is 79.0 Å². The fourth-order valence-corrected chi connectivity index (χ4v) is 3.36. The molecule has 2 aromatic rings. The number of nitrogens with one attached hydrogen (secondary N) is 1. The molecule has 0 saturated carbocycles. The minimum Gasteiger partial charge on any atom is -0.312 e. The third-order valence-electron chi connectivity index (χ3n) is 3.74. The molecule has 7 heteroatoms. The second kappa shape index (κ2) is 6.54. The van der Waals surface area contributed by atoms with E-state index in [9.17, 15) is 9.59 Å². The van der Waals surface area contributed by atoms with Crippen molar-refractivity contribution in [3.8, 4) is 11.4 Å². The molecule has 1 N–H and O–H groups in total. The van der Waals surface area contributed by atoms with Gasteiger partial charge in [-0.3, -0.25) is 14.7 Å². The first kappa shape index (κ1) is 15.7. The number of hydrogen-bond donors (Lipinski definition) is 1. The van der Waals surface area contributed by atoms with Gasteiger partial charge in [-0.25, -0.2) is 4.98 Å². The molecule has 0 bridgehead atoms. The van der Waals surface area contributed by atoms with Crippen LogP contribution in [0.4, 0.5) is 5.69 Å². The minimum absolute atomic E-state index is 0.0953. The van der Waals surface area contributed by atoms with Crippen molar-refractivity contribution in [2.45, 2.75) is 20.3 Å². The normalized spacial score (nSPS) is 17.7. The molecule has 1 aromatic heterocycles. The number of aromatic amines is 1. The second-order valence-electron chi connectivity index (χ2n) is 5.67. The first-order chi connectivity index (χ1) is 11.0. The van der Waals surface area contributed by atoms with E-state index >= 15 is 0 Å². The van der Waals surface area contributed by atoms with Crippen molar-refractivity contribution in [1.82, 2.24) is 15.2 Å². The standard InChI is InChI=1S/C16H18N4O2S/c1-10-17-16(19-18-10)13-4-3-5-14(7-13)20-8-12(6-15(20)22)9-23-11(2)21/h3-5,7,12H,6,8-9H2,1-2H3,(H,17,18,19). The van der Waals surface area contributed by atoms with Crippen LogP contribution in [0.5, 0.6) is 0 Å². The number of carbonyl (C=O) groups is 2. The van der Waals surface area contributed by atoms with E-state index in [1.165, 1.54) is 11.8 Å². The Kier molecular flexibility index (Phi) is 4.47. The highest BCUT2D eigenvalue weighted by molar-refractivity contribution is 8.13. The Bertz CT molecular complexity index is 743. The fourth-order valence-electron chi connectivity index (χ4n) is 2.66. The fraction of sp³-hybridized carbons (Fsp3) is 0.375. The summed E-state index contributed by atoms with van der Waals surface area (Å²) in [5.74, 6) is 2.38. The van der Waals surface area contributed by atoms with Crippen LogP contribution in [0, 0.1) is 12.8 Å². The van der Waals surface area contributed by atoms with Gasteiger partial charge in [0.1, 0.15) is 5.82 Å². The predicted molar refractivity (Wildman–Crippen MR) is 90.2 cm³/mol. The molecule has 0 aliphatic carbocycles. The average molecular weight is 330 g/mol. The lowest BCUT2D eigenvalue weighted by atomic mass is 10.1. The van der Waals surface area contributed by atoms with E-state index < -0.39 is 0 Å². The van der Waals surface area contributed by atoms with Crippen LogP contribution in [0.2, 0.25) is 0 Å². The number of hydrogen-bond acceptors (Lipinski definition) is 5. The van der Waals surface area contributed by atoms with Gasteiger partial charge in [-0.1, -0.05) is 23.9 Å². The van der Waals surface area contributed by atoms with Gasteiger partial charge < -0.3 is 4.90 Å². The predicted octanol–water partition coefficient (Wildman–Crippen LogP) is 2.41. The van der Waals surface area contributed by atoms with Crippen molar-refractivity contribution in [3.05, 3.63) is 30.1 Å². The maximum atomic E-state index is 12.3. The number of carbonyl (C=O) groups excluding carboxylic acids is 2. The zero-order valence-corrected chi connectivity index (χ0v) is 13.9. The largest absolute Gasteiger partial charge is 0.312 e. The van der Waals surface area contributed by atoms with Crippen molar-refractivity contribution in [1.29, 1.82) is 0 Å². The summed E-state index contributed by atoms with van der Waals surface area (Å²) >= 11 is 1.29. The molecule has 1 fully saturated rings. The summed E-state index contributed by atoms with van der Waals surface area (Å²) in [4.78, 5) is 29.5. The number of rotatable bonds is 4. The minimum atomic E-state index is 0.0953. The molecule has 23 heavy (non-hydrogen) atoms. The van der Waals surface area contributed by atoms with Crippen LogP contribution in [-0.2, 0) is 9.59 Å². The van der Waals surface area contributed by atoms with Crippen molar-refractivity contribution in [2.24, 2.45) is 5.92 Å². The Morgan fingerprint density at radius 2 is 2.30 bits per heavy atom. The third kappa shape index (κ3) is 3.61. The zero-order chi connectivity index (χ0) is 16.4. The summed E-state index contributed by atoms with van der Waals surface area (Å²) < 4.78 is 0. The van der Waals surface area contributed by atoms with Crippen LogP contribution in [0.3, 0.4) is 0 Å². The highest BCUT2D eigenvalue weighted by atomic mass is 32.2. The Hall–Kier alpha value is -2.15. The summed E-state index contributed by atoms with van der Waals surface area (Å²) in [6.07, 6.45) is 0.490. The number of H-pyrrole nitrogens is 1. The molecule has 1 unspecified atom stereocenters. The van der Waals surface area contributed by atoms with Crippen LogP contribution < -0.4 is 4.90 Å². The van der Waals surface area contributed by atoms with E-state index in [0.29, 0.717) is 24.5 Å². The number of amides is 1. The molecule has 6 nitrogen and oxygen atoms in total. The van der Waals surface area contributed by atoms with E-state index in [1.807, 2.05) is 31.2 Å². The molecular formula is C16H18N4O2S. The lowest BCUT2D eigenvalue weighted by molar-refractivity contribution is -0.117. The molecule has 1 aliphatic rings. The number of nitrogens with zero attached hydrogens (tertiary/aromatic N) is 3. The number of aromatic nitrogens is 3. The lowest BCUT2D eigenvalue weighted by Crippen LogP contribution is -2.24.